The molecule has 0 radical (unpaired) electrons. The number of methoxy groups -OCH3 is 1. The third-order valence-corrected chi connectivity index (χ3v) is 3.68. The topological polar surface area (TPSA) is 85.4 Å². The van der Waals surface area contributed by atoms with Gasteiger partial charge in [0, 0.05) is 18.1 Å². The number of sulfone groups is 1. The Kier molecular flexibility index (Phi) is 4.77. The van der Waals surface area contributed by atoms with Crippen LogP contribution in [0.1, 0.15) is 15.9 Å². The van der Waals surface area contributed by atoms with Crippen LogP contribution in [0, 0.1) is 0 Å². The number of aromatic nitrogens is 1. The van der Waals surface area contributed by atoms with Crippen LogP contribution in [-0.2, 0) is 15.6 Å². The number of nitrogens with one attached hydrogen (secondary N) is 1. The van der Waals surface area contributed by atoms with Crippen molar-refractivity contribution in [3.8, 4) is 5.88 Å². The van der Waals surface area contributed by atoms with Crippen molar-refractivity contribution in [1.82, 2.24) is 4.98 Å². The lowest BCUT2D eigenvalue weighted by Gasteiger charge is -2.09. The normalized spacial score (nSPS) is 11.0. The van der Waals surface area contributed by atoms with Crippen LogP contribution in [0.25, 0.3) is 0 Å². The predicted octanol–water partition coefficient (Wildman–Crippen LogP) is 1.89. The van der Waals surface area contributed by atoms with E-state index in [1.807, 2.05) is 0 Å². The minimum atomic E-state index is -3.13. The number of hydrogen-bond donors (Lipinski definition) is 1. The summed E-state index contributed by atoms with van der Waals surface area (Å²) in [7, 11) is -1.69. The summed E-state index contributed by atoms with van der Waals surface area (Å²) in [6.45, 7) is 0. The average Bonchev–Trinajstić information content (AvgIpc) is 2.45. The SMILES string of the molecule is COc1ncccc1C(=O)Nc1cccc(CS(C)(=O)=O)c1. The summed E-state index contributed by atoms with van der Waals surface area (Å²) in [6, 6.07) is 9.94. The van der Waals surface area contributed by atoms with Gasteiger partial charge in [-0.1, -0.05) is 12.1 Å². The van der Waals surface area contributed by atoms with E-state index in [4.69, 9.17) is 4.74 Å². The van der Waals surface area contributed by atoms with E-state index in [0.717, 1.165) is 0 Å². The zero-order chi connectivity index (χ0) is 16.2. The second kappa shape index (κ2) is 6.57. The lowest BCUT2D eigenvalue weighted by molar-refractivity contribution is 0.102. The Labute approximate surface area is 129 Å². The fraction of sp³-hybridized carbons (Fsp3) is 0.200. The summed E-state index contributed by atoms with van der Waals surface area (Å²) in [5.41, 5.74) is 1.43. The highest BCUT2D eigenvalue weighted by Gasteiger charge is 2.13. The second-order valence-electron chi connectivity index (χ2n) is 4.78. The van der Waals surface area contributed by atoms with Crippen molar-refractivity contribution in [2.75, 3.05) is 18.7 Å². The van der Waals surface area contributed by atoms with Gasteiger partial charge in [0.05, 0.1) is 12.9 Å². The molecule has 1 aromatic carbocycles. The van der Waals surface area contributed by atoms with Gasteiger partial charge in [0.2, 0.25) is 5.88 Å². The summed E-state index contributed by atoms with van der Waals surface area (Å²) in [4.78, 5) is 16.2. The van der Waals surface area contributed by atoms with Crippen molar-refractivity contribution in [3.05, 3.63) is 53.7 Å². The smallest absolute Gasteiger partial charge is 0.261 e. The monoisotopic (exact) mass is 320 g/mol. The Morgan fingerprint density at radius 3 is 2.73 bits per heavy atom. The van der Waals surface area contributed by atoms with Gasteiger partial charge in [-0.3, -0.25) is 4.79 Å². The number of nitrogens with zero attached hydrogens (tertiary/aromatic N) is 1. The Balaban J connectivity index is 2.20. The fourth-order valence-corrected chi connectivity index (χ4v) is 2.75. The number of ether oxygens (including phenoxy) is 1. The Hall–Kier alpha value is -2.41. The maximum absolute atomic E-state index is 12.2. The van der Waals surface area contributed by atoms with Crippen LogP contribution in [-0.4, -0.2) is 32.7 Å². The summed E-state index contributed by atoms with van der Waals surface area (Å²) >= 11 is 0. The quantitative estimate of drug-likeness (QED) is 0.909. The van der Waals surface area contributed by atoms with E-state index in [9.17, 15) is 13.2 Å². The third kappa shape index (κ3) is 4.29. The van der Waals surface area contributed by atoms with Gasteiger partial charge in [0.1, 0.15) is 5.56 Å². The summed E-state index contributed by atoms with van der Waals surface area (Å²) in [5, 5.41) is 2.71. The molecule has 0 aliphatic rings. The molecule has 6 nitrogen and oxygen atoms in total. The molecule has 0 fully saturated rings. The van der Waals surface area contributed by atoms with E-state index in [1.165, 1.54) is 19.6 Å². The van der Waals surface area contributed by atoms with Gasteiger partial charge in [0.25, 0.3) is 5.91 Å². The average molecular weight is 320 g/mol. The van der Waals surface area contributed by atoms with Crippen molar-refractivity contribution in [1.29, 1.82) is 0 Å². The molecule has 1 amide bonds. The minimum Gasteiger partial charge on any atom is -0.480 e. The Morgan fingerprint density at radius 1 is 1.27 bits per heavy atom. The zero-order valence-electron chi connectivity index (χ0n) is 12.2. The molecule has 0 saturated heterocycles. The third-order valence-electron chi connectivity index (χ3n) is 2.82. The maximum atomic E-state index is 12.2. The van der Waals surface area contributed by atoms with E-state index < -0.39 is 9.84 Å². The van der Waals surface area contributed by atoms with Crippen molar-refractivity contribution in [2.24, 2.45) is 0 Å². The highest BCUT2D eigenvalue weighted by molar-refractivity contribution is 7.89. The number of carbonyl (C=O) groups excluding carboxylic acids is 1. The summed E-state index contributed by atoms with van der Waals surface area (Å²) in [5.74, 6) is -0.221. The molecule has 2 aromatic rings. The van der Waals surface area contributed by atoms with E-state index in [-0.39, 0.29) is 17.5 Å². The number of anilines is 1. The van der Waals surface area contributed by atoms with Crippen LogP contribution >= 0.6 is 0 Å². The molecule has 0 unspecified atom stereocenters. The highest BCUT2D eigenvalue weighted by Crippen LogP contribution is 2.18. The largest absolute Gasteiger partial charge is 0.480 e. The van der Waals surface area contributed by atoms with Gasteiger partial charge in [0.15, 0.2) is 9.84 Å². The van der Waals surface area contributed by atoms with Crippen LogP contribution in [0.5, 0.6) is 5.88 Å². The maximum Gasteiger partial charge on any atom is 0.261 e. The van der Waals surface area contributed by atoms with Crippen LogP contribution in [0.4, 0.5) is 5.69 Å². The minimum absolute atomic E-state index is 0.0765. The molecule has 0 spiro atoms. The van der Waals surface area contributed by atoms with Crippen LogP contribution in [0.2, 0.25) is 0 Å². The molecular weight excluding hydrogens is 304 g/mol. The van der Waals surface area contributed by atoms with E-state index >= 15 is 0 Å². The molecule has 1 N–H and O–H groups in total. The lowest BCUT2D eigenvalue weighted by atomic mass is 10.2. The molecule has 116 valence electrons. The lowest BCUT2D eigenvalue weighted by Crippen LogP contribution is -2.14. The van der Waals surface area contributed by atoms with E-state index in [1.54, 1.807) is 36.4 Å². The number of hydrogen-bond acceptors (Lipinski definition) is 5. The number of pyridine rings is 1. The molecule has 0 aliphatic heterocycles. The van der Waals surface area contributed by atoms with Crippen LogP contribution in [0.3, 0.4) is 0 Å². The molecule has 0 atom stereocenters. The van der Waals surface area contributed by atoms with Crippen LogP contribution < -0.4 is 10.1 Å². The molecule has 1 aromatic heterocycles. The number of amides is 1. The Morgan fingerprint density at radius 2 is 2.05 bits per heavy atom. The summed E-state index contributed by atoms with van der Waals surface area (Å²) < 4.78 is 27.7. The Bertz CT molecular complexity index is 788. The van der Waals surface area contributed by atoms with Crippen molar-refractivity contribution >= 4 is 21.4 Å². The van der Waals surface area contributed by atoms with Gasteiger partial charge in [-0.05, 0) is 29.8 Å². The first-order valence-corrected chi connectivity index (χ1v) is 8.52. The van der Waals surface area contributed by atoms with Gasteiger partial charge in [-0.25, -0.2) is 13.4 Å². The van der Waals surface area contributed by atoms with Crippen molar-refractivity contribution in [2.45, 2.75) is 5.75 Å². The van der Waals surface area contributed by atoms with Gasteiger partial charge >= 0.3 is 0 Å². The highest BCUT2D eigenvalue weighted by atomic mass is 32.2. The standard InChI is InChI=1S/C15H16N2O4S/c1-21-15-13(7-4-8-16-15)14(18)17-12-6-3-5-11(9-12)10-22(2,19)20/h3-9H,10H2,1-2H3,(H,17,18). The van der Waals surface area contributed by atoms with E-state index in [0.29, 0.717) is 16.8 Å². The molecular formula is C15H16N2O4S. The molecule has 1 heterocycles. The van der Waals surface area contributed by atoms with Gasteiger partial charge in [-0.2, -0.15) is 0 Å². The van der Waals surface area contributed by atoms with Gasteiger partial charge < -0.3 is 10.1 Å². The molecule has 22 heavy (non-hydrogen) atoms. The molecule has 7 heteroatoms. The molecule has 2 rings (SSSR count). The zero-order valence-corrected chi connectivity index (χ0v) is 13.1. The number of rotatable bonds is 5. The van der Waals surface area contributed by atoms with Crippen LogP contribution in [0.15, 0.2) is 42.6 Å². The predicted molar refractivity (Wildman–Crippen MR) is 83.7 cm³/mol. The van der Waals surface area contributed by atoms with Gasteiger partial charge in [-0.15, -0.1) is 0 Å². The number of carbonyl (C=O) groups is 1. The first kappa shape index (κ1) is 16.0. The molecule has 0 aliphatic carbocycles. The first-order chi connectivity index (χ1) is 10.4. The van der Waals surface area contributed by atoms with Crippen molar-refractivity contribution in [3.63, 3.8) is 0 Å². The number of benzene rings is 1. The fourth-order valence-electron chi connectivity index (χ4n) is 1.97. The first-order valence-electron chi connectivity index (χ1n) is 6.46. The second-order valence-corrected chi connectivity index (χ2v) is 6.93. The van der Waals surface area contributed by atoms with Crippen molar-refractivity contribution < 1.29 is 17.9 Å². The molecule has 0 bridgehead atoms. The summed E-state index contributed by atoms with van der Waals surface area (Å²) in [6.07, 6.45) is 2.70. The van der Waals surface area contributed by atoms with E-state index in [2.05, 4.69) is 10.3 Å². The molecule has 0 saturated carbocycles.